The van der Waals surface area contributed by atoms with Gasteiger partial charge in [-0.25, -0.2) is 0 Å². The van der Waals surface area contributed by atoms with Crippen molar-refractivity contribution in [2.45, 2.75) is 138 Å². The van der Waals surface area contributed by atoms with Crippen molar-refractivity contribution in [1.82, 2.24) is 0 Å². The molecule has 2 N–H and O–H groups in total. The molecule has 0 fully saturated rings. The summed E-state index contributed by atoms with van der Waals surface area (Å²) in [4.78, 5) is 10.6. The molecule has 0 aromatic heterocycles. The lowest BCUT2D eigenvalue weighted by Crippen LogP contribution is -2.44. The predicted octanol–water partition coefficient (Wildman–Crippen LogP) is 8.36. The van der Waals surface area contributed by atoms with Crippen molar-refractivity contribution in [2.24, 2.45) is 16.2 Å². The Kier molecular flexibility index (Phi) is 17.5. The zero-order chi connectivity index (χ0) is 30.0. The number of carboxylic acid groups (broad SMARTS) is 1. The van der Waals surface area contributed by atoms with Gasteiger partial charge in [0.05, 0.1) is 11.7 Å². The van der Waals surface area contributed by atoms with Gasteiger partial charge in [-0.3, -0.25) is 0 Å². The Morgan fingerprint density at radius 2 is 1.36 bits per heavy atom. The molecule has 5 atom stereocenters. The standard InChI is InChI=1S/C35H60O4/c1-9-13-21-29-35(8,39)34(7,12-4)28-24-18-16-14-15-17-22-26-32(5,10-2)31(38)33(6,11-3)27-23-19-20-25-30(36)37/h13-18,21-22,24,28,31,38-39H,9-12,19-20,23,25-27,29H2,1-8H3,(H,36,37)/p+2/b15-14-,18-16-,21-13-,22-17-,28-24+/t31?,32-,33-,34-,35?/m1/s1. The molecule has 2 unspecified atom stereocenters. The Hall–Kier alpha value is -1.91. The SMILES string of the molecule is CC/C=C\CC(C)(O)[C@@](C)(/C=C/C=C\C=C/C=C\C[C@@](C)(CC)C(O)[C@](C)(CC)CCCCCC(=O)[O-])CC.[H+].[H+].[H+]. The average molecular weight is 547 g/mol. The Bertz CT molecular complexity index is 849. The van der Waals surface area contributed by atoms with E-state index in [1.807, 2.05) is 43.4 Å². The van der Waals surface area contributed by atoms with Crippen LogP contribution in [0.3, 0.4) is 0 Å². The summed E-state index contributed by atoms with van der Waals surface area (Å²) in [7, 11) is 0. The minimum Gasteiger partial charge on any atom is -0.550 e. The second-order valence-corrected chi connectivity index (χ2v) is 12.2. The first-order chi connectivity index (χ1) is 18.3. The molecule has 39 heavy (non-hydrogen) atoms. The van der Waals surface area contributed by atoms with E-state index in [2.05, 4.69) is 72.8 Å². The Morgan fingerprint density at radius 3 is 1.90 bits per heavy atom. The topological polar surface area (TPSA) is 80.6 Å². The highest BCUT2D eigenvalue weighted by atomic mass is 16.4. The summed E-state index contributed by atoms with van der Waals surface area (Å²) in [5.41, 5.74) is -1.55. The molecule has 0 rings (SSSR count). The Morgan fingerprint density at radius 1 is 0.769 bits per heavy atom. The van der Waals surface area contributed by atoms with E-state index in [1.54, 1.807) is 0 Å². The van der Waals surface area contributed by atoms with E-state index in [4.69, 9.17) is 0 Å². The number of hydrogen-bond acceptors (Lipinski definition) is 4. The van der Waals surface area contributed by atoms with Crippen molar-refractivity contribution in [3.63, 3.8) is 0 Å². The molecule has 0 aliphatic carbocycles. The molecule has 224 valence electrons. The number of aliphatic hydroxyl groups excluding tert-OH is 1. The van der Waals surface area contributed by atoms with Crippen LogP contribution < -0.4 is 5.11 Å². The van der Waals surface area contributed by atoms with Gasteiger partial charge < -0.3 is 20.1 Å². The maximum absolute atomic E-state index is 11.4. The van der Waals surface area contributed by atoms with Crippen LogP contribution in [0.1, 0.15) is 130 Å². The molecule has 4 heteroatoms. The van der Waals surface area contributed by atoms with Crippen LogP contribution in [0.5, 0.6) is 0 Å². The zero-order valence-electron chi connectivity index (χ0n) is 29.3. The summed E-state index contributed by atoms with van der Waals surface area (Å²) in [5.74, 6) is -0.987. The minimum absolute atomic E-state index is 0. The fraction of sp³-hybridized carbons (Fsp3) is 0.686. The van der Waals surface area contributed by atoms with E-state index in [0.717, 1.165) is 51.4 Å². The van der Waals surface area contributed by atoms with E-state index in [0.29, 0.717) is 12.8 Å². The van der Waals surface area contributed by atoms with Crippen LogP contribution in [0.2, 0.25) is 0 Å². The smallest absolute Gasteiger partial charge is 0.550 e. The predicted molar refractivity (Wildman–Crippen MR) is 168 cm³/mol. The largest absolute Gasteiger partial charge is 1.00 e. The summed E-state index contributed by atoms with van der Waals surface area (Å²) in [6.45, 7) is 16.8. The molecule has 0 amide bonds. The maximum Gasteiger partial charge on any atom is 1.00 e. The van der Waals surface area contributed by atoms with Crippen LogP contribution in [-0.4, -0.2) is 27.9 Å². The summed E-state index contributed by atoms with van der Waals surface area (Å²) >= 11 is 0. The van der Waals surface area contributed by atoms with Gasteiger partial charge in [0.25, 0.3) is 0 Å². The molecule has 0 saturated heterocycles. The quantitative estimate of drug-likeness (QED) is 0.0861. The first-order valence-corrected chi connectivity index (χ1v) is 15.2. The van der Waals surface area contributed by atoms with Gasteiger partial charge in [-0.1, -0.05) is 122 Å². The van der Waals surface area contributed by atoms with Crippen LogP contribution in [-0.2, 0) is 4.79 Å². The van der Waals surface area contributed by atoms with Gasteiger partial charge in [0, 0.05) is 11.4 Å². The normalized spacial score (nSPS) is 20.1. The molecule has 0 saturated carbocycles. The number of hydrogen-bond donors (Lipinski definition) is 2. The number of allylic oxidation sites excluding steroid dienone is 8. The van der Waals surface area contributed by atoms with Crippen LogP contribution in [0, 0.1) is 16.2 Å². The van der Waals surface area contributed by atoms with Crippen LogP contribution in [0.25, 0.3) is 0 Å². The van der Waals surface area contributed by atoms with Crippen LogP contribution in [0.15, 0.2) is 60.8 Å². The Labute approximate surface area is 245 Å². The van der Waals surface area contributed by atoms with Gasteiger partial charge in [0.1, 0.15) is 0 Å². The summed E-state index contributed by atoms with van der Waals surface area (Å²) in [6, 6.07) is 0. The summed E-state index contributed by atoms with van der Waals surface area (Å²) in [5, 5.41) is 33.1. The highest BCUT2D eigenvalue weighted by Gasteiger charge is 2.42. The molecule has 0 radical (unpaired) electrons. The first-order valence-electron chi connectivity index (χ1n) is 15.2. The van der Waals surface area contributed by atoms with E-state index < -0.39 is 17.7 Å². The second-order valence-electron chi connectivity index (χ2n) is 12.2. The van der Waals surface area contributed by atoms with E-state index in [1.165, 1.54) is 0 Å². The fourth-order valence-electron chi connectivity index (χ4n) is 5.10. The van der Waals surface area contributed by atoms with Crippen LogP contribution in [0.4, 0.5) is 0 Å². The average Bonchev–Trinajstić information content (AvgIpc) is 2.90. The van der Waals surface area contributed by atoms with Crippen molar-refractivity contribution in [3.8, 4) is 0 Å². The molecule has 0 bridgehead atoms. The monoisotopic (exact) mass is 546 g/mol. The van der Waals surface area contributed by atoms with E-state index in [-0.39, 0.29) is 26.9 Å². The maximum atomic E-state index is 11.4. The molecular formula is C35H62O4+2. The zero-order valence-corrected chi connectivity index (χ0v) is 26.3. The molecular weight excluding hydrogens is 484 g/mol. The summed E-state index contributed by atoms with van der Waals surface area (Å²) < 4.78 is 0. The van der Waals surface area contributed by atoms with E-state index in [9.17, 15) is 20.1 Å². The van der Waals surface area contributed by atoms with E-state index >= 15 is 0 Å². The lowest BCUT2D eigenvalue weighted by atomic mass is 9.64. The molecule has 0 aromatic carbocycles. The highest BCUT2D eigenvalue weighted by Crippen LogP contribution is 2.44. The summed E-state index contributed by atoms with van der Waals surface area (Å²) in [6.07, 6.45) is 28.4. The Balaban J connectivity index is -0.00000241. The van der Waals surface area contributed by atoms with Crippen molar-refractivity contribution < 1.29 is 24.4 Å². The van der Waals surface area contributed by atoms with Gasteiger partial charge >= 0.3 is 4.28 Å². The lowest BCUT2D eigenvalue weighted by molar-refractivity contribution is -0.305. The number of carbonyl (C=O) groups is 1. The second kappa shape index (κ2) is 18.4. The van der Waals surface area contributed by atoms with Crippen molar-refractivity contribution in [1.29, 1.82) is 0 Å². The number of carboxylic acids is 1. The van der Waals surface area contributed by atoms with Gasteiger partial charge in [0.15, 0.2) is 0 Å². The fourth-order valence-corrected chi connectivity index (χ4v) is 5.10. The number of aliphatic carboxylic acids is 1. The minimum atomic E-state index is -0.987. The third kappa shape index (κ3) is 12.9. The van der Waals surface area contributed by atoms with Crippen molar-refractivity contribution in [2.75, 3.05) is 0 Å². The third-order valence-electron chi connectivity index (χ3n) is 9.19. The van der Waals surface area contributed by atoms with Crippen LogP contribution >= 0.6 is 0 Å². The number of rotatable bonds is 21. The molecule has 0 heterocycles. The van der Waals surface area contributed by atoms with Gasteiger partial charge in [-0.05, 0) is 75.5 Å². The highest BCUT2D eigenvalue weighted by molar-refractivity contribution is 5.64. The first kappa shape index (κ1) is 37.1. The number of unbranched alkanes of at least 4 members (excludes halogenated alkanes) is 2. The third-order valence-corrected chi connectivity index (χ3v) is 9.19. The van der Waals surface area contributed by atoms with Crippen molar-refractivity contribution >= 4 is 5.97 Å². The molecule has 0 aliphatic rings. The lowest BCUT2D eigenvalue weighted by Gasteiger charge is -2.44. The van der Waals surface area contributed by atoms with Gasteiger partial charge in [-0.15, -0.1) is 0 Å². The van der Waals surface area contributed by atoms with Crippen molar-refractivity contribution in [3.05, 3.63) is 60.8 Å². The molecule has 0 aliphatic heterocycles. The van der Waals surface area contributed by atoms with Gasteiger partial charge in [-0.2, -0.15) is 0 Å². The molecule has 4 nitrogen and oxygen atoms in total. The molecule has 0 spiro atoms. The number of carbonyl (C=O) groups excluding carboxylic acids is 1. The molecule has 0 aromatic rings. The van der Waals surface area contributed by atoms with Gasteiger partial charge in [0.2, 0.25) is 0 Å². The number of aliphatic hydroxyl groups is 2.